The van der Waals surface area contributed by atoms with Crippen molar-refractivity contribution in [3.8, 4) is 0 Å². The van der Waals surface area contributed by atoms with Crippen LogP contribution >= 0.6 is 23.4 Å². The molecule has 1 atom stereocenters. The molecule has 1 aliphatic heterocycles. The van der Waals surface area contributed by atoms with Crippen molar-refractivity contribution in [1.29, 1.82) is 0 Å². The zero-order valence-corrected chi connectivity index (χ0v) is 13.7. The molecule has 0 spiro atoms. The van der Waals surface area contributed by atoms with Crippen molar-refractivity contribution in [2.75, 3.05) is 18.8 Å². The Hall–Kier alpha value is -0.170. The van der Waals surface area contributed by atoms with Crippen molar-refractivity contribution in [2.24, 2.45) is 0 Å². The second-order valence-corrected chi connectivity index (χ2v) is 8.39. The Balaban J connectivity index is 2.44. The number of rotatable bonds is 3. The van der Waals surface area contributed by atoms with E-state index in [-0.39, 0.29) is 10.8 Å². The molecule has 1 saturated heterocycles. The van der Waals surface area contributed by atoms with E-state index in [4.69, 9.17) is 16.0 Å². The Morgan fingerprint density at radius 1 is 1.42 bits per heavy atom. The number of thioether (sulfide) groups is 1. The molecular weight excluding hydrogens is 306 g/mol. The maximum Gasteiger partial charge on any atom is 0.246 e. The molecule has 108 valence electrons. The number of nitrogens with zero attached hydrogens (tertiary/aromatic N) is 1. The minimum Gasteiger partial charge on any atom is -0.465 e. The molecule has 2 heterocycles. The van der Waals surface area contributed by atoms with E-state index in [0.29, 0.717) is 35.4 Å². The first-order valence-electron chi connectivity index (χ1n) is 6.14. The van der Waals surface area contributed by atoms with Crippen molar-refractivity contribution < 1.29 is 12.8 Å². The van der Waals surface area contributed by atoms with Gasteiger partial charge in [-0.3, -0.25) is 0 Å². The molecule has 4 nitrogen and oxygen atoms in total. The van der Waals surface area contributed by atoms with Gasteiger partial charge in [-0.25, -0.2) is 8.42 Å². The molecule has 0 N–H and O–H groups in total. The summed E-state index contributed by atoms with van der Waals surface area (Å²) in [5, 5.41) is 0.316. The summed E-state index contributed by atoms with van der Waals surface area (Å²) in [6, 6.07) is 0. The van der Waals surface area contributed by atoms with Gasteiger partial charge in [0.05, 0.1) is 5.88 Å². The van der Waals surface area contributed by atoms with Gasteiger partial charge in [-0.05, 0) is 13.8 Å². The van der Waals surface area contributed by atoms with Crippen molar-refractivity contribution >= 4 is 33.4 Å². The number of sulfonamides is 1. The lowest BCUT2D eigenvalue weighted by Crippen LogP contribution is -2.41. The third kappa shape index (κ3) is 2.82. The molecule has 1 aromatic heterocycles. The molecule has 0 saturated carbocycles. The van der Waals surface area contributed by atoms with Gasteiger partial charge in [0.2, 0.25) is 10.0 Å². The summed E-state index contributed by atoms with van der Waals surface area (Å²) in [5.41, 5.74) is 0.588. The molecule has 1 unspecified atom stereocenters. The average molecular weight is 324 g/mol. The summed E-state index contributed by atoms with van der Waals surface area (Å²) in [5.74, 6) is 1.99. The van der Waals surface area contributed by atoms with Gasteiger partial charge in [-0.2, -0.15) is 16.1 Å². The Morgan fingerprint density at radius 2 is 2.11 bits per heavy atom. The first kappa shape index (κ1) is 15.2. The summed E-state index contributed by atoms with van der Waals surface area (Å²) >= 11 is 7.67. The van der Waals surface area contributed by atoms with E-state index in [1.807, 2.05) is 6.92 Å². The molecule has 0 radical (unpaired) electrons. The molecule has 1 aromatic rings. The Bertz CT molecular complexity index is 568. The highest BCUT2D eigenvalue weighted by atomic mass is 35.5. The molecule has 2 rings (SSSR count). The average Bonchev–Trinajstić information content (AvgIpc) is 2.64. The van der Waals surface area contributed by atoms with Crippen LogP contribution in [0.2, 0.25) is 0 Å². The molecule has 1 aliphatic rings. The third-order valence-corrected chi connectivity index (χ3v) is 6.73. The first-order chi connectivity index (χ1) is 8.87. The second kappa shape index (κ2) is 5.68. The fourth-order valence-electron chi connectivity index (χ4n) is 2.34. The number of hydrogen-bond acceptors (Lipinski definition) is 4. The van der Waals surface area contributed by atoms with Crippen LogP contribution in [-0.4, -0.2) is 36.8 Å². The number of halogens is 1. The minimum atomic E-state index is -3.51. The predicted octanol–water partition coefficient (Wildman–Crippen LogP) is 2.76. The highest BCUT2D eigenvalue weighted by molar-refractivity contribution is 8.00. The summed E-state index contributed by atoms with van der Waals surface area (Å²) in [6.07, 6.45) is 0. The summed E-state index contributed by atoms with van der Waals surface area (Å²) in [6.45, 7) is 6.56. The molecular formula is C12H18ClNO3S2. The molecule has 0 aromatic carbocycles. The summed E-state index contributed by atoms with van der Waals surface area (Å²) in [4.78, 5) is 0.263. The largest absolute Gasteiger partial charge is 0.465 e. The highest BCUT2D eigenvalue weighted by Gasteiger charge is 2.34. The van der Waals surface area contributed by atoms with E-state index in [1.54, 1.807) is 29.9 Å². The maximum absolute atomic E-state index is 12.7. The van der Waals surface area contributed by atoms with Crippen molar-refractivity contribution in [3.05, 3.63) is 17.1 Å². The molecule has 0 amide bonds. The number of alkyl halides is 1. The fraction of sp³-hybridized carbons (Fsp3) is 0.667. The normalized spacial score (nSPS) is 21.8. The Kier molecular flexibility index (Phi) is 4.55. The lowest BCUT2D eigenvalue weighted by atomic mass is 10.3. The van der Waals surface area contributed by atoms with Gasteiger partial charge in [0, 0.05) is 29.7 Å². The van der Waals surface area contributed by atoms with Crippen LogP contribution in [0.25, 0.3) is 0 Å². The summed E-state index contributed by atoms with van der Waals surface area (Å²) < 4.78 is 32.5. The van der Waals surface area contributed by atoms with Gasteiger partial charge < -0.3 is 4.42 Å². The van der Waals surface area contributed by atoms with E-state index >= 15 is 0 Å². The molecule has 1 fully saturated rings. The van der Waals surface area contributed by atoms with E-state index in [0.717, 1.165) is 5.75 Å². The minimum absolute atomic E-state index is 0.149. The van der Waals surface area contributed by atoms with Crippen LogP contribution in [0.1, 0.15) is 24.0 Å². The van der Waals surface area contributed by atoms with E-state index in [9.17, 15) is 8.42 Å². The Labute approximate surface area is 123 Å². The van der Waals surface area contributed by atoms with Gasteiger partial charge in [0.15, 0.2) is 0 Å². The summed E-state index contributed by atoms with van der Waals surface area (Å²) in [7, 11) is -3.51. The zero-order chi connectivity index (χ0) is 14.2. The monoisotopic (exact) mass is 323 g/mol. The first-order valence-corrected chi connectivity index (χ1v) is 9.16. The van der Waals surface area contributed by atoms with Crippen LogP contribution < -0.4 is 0 Å². The van der Waals surface area contributed by atoms with Crippen LogP contribution in [0.4, 0.5) is 0 Å². The topological polar surface area (TPSA) is 50.5 Å². The zero-order valence-electron chi connectivity index (χ0n) is 11.3. The van der Waals surface area contributed by atoms with Gasteiger partial charge >= 0.3 is 0 Å². The highest BCUT2D eigenvalue weighted by Crippen LogP contribution is 2.32. The van der Waals surface area contributed by atoms with Crippen LogP contribution in [0, 0.1) is 13.8 Å². The van der Waals surface area contributed by atoms with Crippen molar-refractivity contribution in [1.82, 2.24) is 4.31 Å². The Morgan fingerprint density at radius 3 is 2.68 bits per heavy atom. The van der Waals surface area contributed by atoms with E-state index < -0.39 is 10.0 Å². The SMILES string of the molecule is Cc1oc(C)c(S(=O)(=O)N2CCSC(C)C2)c1CCl. The lowest BCUT2D eigenvalue weighted by Gasteiger charge is -2.29. The van der Waals surface area contributed by atoms with E-state index in [2.05, 4.69) is 0 Å². The number of furan rings is 1. The number of aryl methyl sites for hydroxylation is 2. The van der Waals surface area contributed by atoms with Crippen LogP contribution in [0.5, 0.6) is 0 Å². The van der Waals surface area contributed by atoms with Crippen LogP contribution in [-0.2, 0) is 15.9 Å². The standard InChI is InChI=1S/C12H18ClNO3S2/c1-8-7-14(4-5-18-8)19(15,16)12-10(3)17-9(2)11(12)6-13/h8H,4-7H2,1-3H3. The van der Waals surface area contributed by atoms with E-state index in [1.165, 1.54) is 0 Å². The predicted molar refractivity (Wildman–Crippen MR) is 78.4 cm³/mol. The van der Waals surface area contributed by atoms with Gasteiger partial charge in [0.25, 0.3) is 0 Å². The number of hydrogen-bond donors (Lipinski definition) is 0. The van der Waals surface area contributed by atoms with Gasteiger partial charge in [0.1, 0.15) is 16.4 Å². The second-order valence-electron chi connectivity index (χ2n) is 4.70. The molecule has 7 heteroatoms. The van der Waals surface area contributed by atoms with Crippen LogP contribution in [0.3, 0.4) is 0 Å². The quantitative estimate of drug-likeness (QED) is 0.803. The van der Waals surface area contributed by atoms with Crippen molar-refractivity contribution in [3.63, 3.8) is 0 Å². The molecule has 19 heavy (non-hydrogen) atoms. The van der Waals surface area contributed by atoms with Gasteiger partial charge in [-0.1, -0.05) is 6.92 Å². The lowest BCUT2D eigenvalue weighted by molar-refractivity contribution is 0.421. The maximum atomic E-state index is 12.7. The van der Waals surface area contributed by atoms with Crippen molar-refractivity contribution in [2.45, 2.75) is 36.8 Å². The fourth-order valence-corrected chi connectivity index (χ4v) is 5.90. The smallest absolute Gasteiger partial charge is 0.246 e. The van der Waals surface area contributed by atoms with Crippen LogP contribution in [0.15, 0.2) is 9.31 Å². The molecule has 0 bridgehead atoms. The third-order valence-electron chi connectivity index (χ3n) is 3.26. The molecule has 0 aliphatic carbocycles. The van der Waals surface area contributed by atoms with Gasteiger partial charge in [-0.15, -0.1) is 11.6 Å².